The van der Waals surface area contributed by atoms with E-state index in [1.54, 1.807) is 12.1 Å². The molecule has 0 radical (unpaired) electrons. The monoisotopic (exact) mass is 389 g/mol. The van der Waals surface area contributed by atoms with Crippen molar-refractivity contribution in [3.05, 3.63) is 64.0 Å². The van der Waals surface area contributed by atoms with Gasteiger partial charge in [-0.05, 0) is 23.8 Å². The summed E-state index contributed by atoms with van der Waals surface area (Å²) in [7, 11) is 0. The third-order valence-electron chi connectivity index (χ3n) is 4.22. The van der Waals surface area contributed by atoms with Crippen LogP contribution in [0.4, 0.5) is 15.8 Å². The van der Waals surface area contributed by atoms with Crippen molar-refractivity contribution in [2.75, 3.05) is 38.2 Å². The molecule has 1 fully saturated rings. The molecule has 3 rings (SSSR count). The van der Waals surface area contributed by atoms with E-state index < -0.39 is 28.9 Å². The molecule has 0 spiro atoms. The number of hydrogen-bond donors (Lipinski definition) is 1. The largest absolute Gasteiger partial charge is 0.477 e. The summed E-state index contributed by atoms with van der Waals surface area (Å²) in [5.74, 6) is -1.47. The molecule has 1 aliphatic rings. The van der Waals surface area contributed by atoms with Crippen molar-refractivity contribution in [1.29, 1.82) is 0 Å². The zero-order valence-corrected chi connectivity index (χ0v) is 15.1. The number of hydrogen-bond acceptors (Lipinski definition) is 6. The Bertz CT molecular complexity index is 838. The van der Waals surface area contributed by atoms with Crippen LogP contribution in [0.1, 0.15) is 5.56 Å². The lowest BCUT2D eigenvalue weighted by molar-refractivity contribution is -0.385. The van der Waals surface area contributed by atoms with Gasteiger partial charge in [-0.15, -0.1) is 0 Å². The summed E-state index contributed by atoms with van der Waals surface area (Å²) in [4.78, 5) is 24.6. The number of nitro groups is 1. The topological polar surface area (TPSA) is 93.9 Å². The molecule has 1 N–H and O–H groups in total. The quantitative estimate of drug-likeness (QED) is 0.578. The zero-order valence-electron chi connectivity index (χ0n) is 15.1. The molecule has 1 amide bonds. The van der Waals surface area contributed by atoms with Gasteiger partial charge < -0.3 is 14.8 Å². The van der Waals surface area contributed by atoms with Crippen LogP contribution in [0, 0.1) is 15.9 Å². The van der Waals surface area contributed by atoms with Crippen molar-refractivity contribution in [3.8, 4) is 5.75 Å². The van der Waals surface area contributed by atoms with E-state index in [0.717, 1.165) is 56.6 Å². The molecule has 28 heavy (non-hydrogen) atoms. The molecule has 0 aromatic heterocycles. The molecule has 0 bridgehead atoms. The van der Waals surface area contributed by atoms with Gasteiger partial charge in [-0.3, -0.25) is 19.8 Å². The maximum Gasteiger partial charge on any atom is 0.311 e. The Kier molecular flexibility index (Phi) is 6.51. The Morgan fingerprint density at radius 2 is 1.93 bits per heavy atom. The SMILES string of the molecule is O=C(COc1cc(F)ccc1[N+](=O)[O-])Nc1ccc(CN2CCOCC2)cc1. The van der Waals surface area contributed by atoms with E-state index in [9.17, 15) is 19.3 Å². The van der Waals surface area contributed by atoms with Gasteiger partial charge in [-0.25, -0.2) is 4.39 Å². The number of morpholine rings is 1. The first-order chi connectivity index (χ1) is 13.5. The second-order valence-electron chi connectivity index (χ2n) is 6.29. The number of nitrogens with one attached hydrogen (secondary N) is 1. The highest BCUT2D eigenvalue weighted by atomic mass is 19.1. The maximum absolute atomic E-state index is 13.3. The molecule has 1 heterocycles. The summed E-state index contributed by atoms with van der Waals surface area (Å²) in [6, 6.07) is 10.2. The van der Waals surface area contributed by atoms with Crippen LogP contribution in [0.15, 0.2) is 42.5 Å². The smallest absolute Gasteiger partial charge is 0.311 e. The van der Waals surface area contributed by atoms with Crippen LogP contribution in [0.2, 0.25) is 0 Å². The fourth-order valence-corrected chi connectivity index (χ4v) is 2.81. The average Bonchev–Trinajstić information content (AvgIpc) is 2.68. The van der Waals surface area contributed by atoms with Crippen molar-refractivity contribution in [1.82, 2.24) is 4.90 Å². The molecule has 2 aromatic rings. The minimum Gasteiger partial charge on any atom is -0.477 e. The van der Waals surface area contributed by atoms with Gasteiger partial charge in [0.05, 0.1) is 18.1 Å². The third-order valence-corrected chi connectivity index (χ3v) is 4.22. The lowest BCUT2D eigenvalue weighted by Crippen LogP contribution is -2.35. The van der Waals surface area contributed by atoms with Gasteiger partial charge in [-0.2, -0.15) is 0 Å². The summed E-state index contributed by atoms with van der Waals surface area (Å²) in [5.41, 5.74) is 1.29. The van der Waals surface area contributed by atoms with Crippen LogP contribution in [0.25, 0.3) is 0 Å². The predicted molar refractivity (Wildman–Crippen MR) is 99.7 cm³/mol. The molecule has 0 atom stereocenters. The fraction of sp³-hybridized carbons (Fsp3) is 0.316. The first kappa shape index (κ1) is 19.7. The number of halogens is 1. The lowest BCUT2D eigenvalue weighted by atomic mass is 10.2. The molecular formula is C19H20FN3O5. The summed E-state index contributed by atoms with van der Waals surface area (Å²) in [5, 5.41) is 13.6. The van der Waals surface area contributed by atoms with E-state index in [-0.39, 0.29) is 5.75 Å². The van der Waals surface area contributed by atoms with E-state index in [4.69, 9.17) is 9.47 Å². The summed E-state index contributed by atoms with van der Waals surface area (Å²) >= 11 is 0. The lowest BCUT2D eigenvalue weighted by Gasteiger charge is -2.26. The molecule has 8 nitrogen and oxygen atoms in total. The van der Waals surface area contributed by atoms with Gasteiger partial charge in [0.1, 0.15) is 5.82 Å². The summed E-state index contributed by atoms with van der Waals surface area (Å²) < 4.78 is 23.7. The molecule has 9 heteroatoms. The van der Waals surface area contributed by atoms with Crippen LogP contribution in [0.5, 0.6) is 5.75 Å². The third kappa shape index (κ3) is 5.48. The Morgan fingerprint density at radius 1 is 1.21 bits per heavy atom. The second-order valence-corrected chi connectivity index (χ2v) is 6.29. The summed E-state index contributed by atoms with van der Waals surface area (Å²) in [6.45, 7) is 3.59. The van der Waals surface area contributed by atoms with Crippen molar-refractivity contribution in [2.24, 2.45) is 0 Å². The number of benzene rings is 2. The van der Waals surface area contributed by atoms with Crippen LogP contribution in [-0.2, 0) is 16.1 Å². The number of nitrogens with zero attached hydrogens (tertiary/aromatic N) is 2. The number of carbonyl (C=O) groups is 1. The first-order valence-corrected chi connectivity index (χ1v) is 8.77. The van der Waals surface area contributed by atoms with Crippen LogP contribution in [-0.4, -0.2) is 48.6 Å². The van der Waals surface area contributed by atoms with E-state index in [1.165, 1.54) is 0 Å². The van der Waals surface area contributed by atoms with Crippen molar-refractivity contribution < 1.29 is 23.6 Å². The number of ether oxygens (including phenoxy) is 2. The molecular weight excluding hydrogens is 369 g/mol. The fourth-order valence-electron chi connectivity index (χ4n) is 2.81. The van der Waals surface area contributed by atoms with Gasteiger partial charge in [-0.1, -0.05) is 12.1 Å². The molecule has 0 aliphatic carbocycles. The predicted octanol–water partition coefficient (Wildman–Crippen LogP) is 2.58. The standard InChI is InChI=1S/C19H20FN3O5/c20-15-3-6-17(23(25)26)18(11-15)28-13-19(24)21-16-4-1-14(2-5-16)12-22-7-9-27-10-8-22/h1-6,11H,7-10,12-13H2,(H,21,24). The normalized spacial score (nSPS) is 14.5. The molecule has 2 aromatic carbocycles. The zero-order chi connectivity index (χ0) is 19.9. The molecule has 0 saturated carbocycles. The minimum absolute atomic E-state index is 0.291. The number of nitro benzene ring substituents is 1. The first-order valence-electron chi connectivity index (χ1n) is 8.77. The van der Waals surface area contributed by atoms with Gasteiger partial charge in [0.15, 0.2) is 6.61 Å². The van der Waals surface area contributed by atoms with Crippen LogP contribution < -0.4 is 10.1 Å². The van der Waals surface area contributed by atoms with E-state index in [0.29, 0.717) is 5.69 Å². The van der Waals surface area contributed by atoms with Crippen LogP contribution >= 0.6 is 0 Å². The van der Waals surface area contributed by atoms with Crippen molar-refractivity contribution in [2.45, 2.75) is 6.54 Å². The van der Waals surface area contributed by atoms with E-state index in [1.807, 2.05) is 12.1 Å². The molecule has 0 unspecified atom stereocenters. The number of anilines is 1. The Morgan fingerprint density at radius 3 is 2.61 bits per heavy atom. The average molecular weight is 389 g/mol. The Balaban J connectivity index is 1.52. The molecule has 1 saturated heterocycles. The second kappa shape index (κ2) is 9.25. The molecule has 1 aliphatic heterocycles. The minimum atomic E-state index is -0.695. The maximum atomic E-state index is 13.3. The van der Waals surface area contributed by atoms with Gasteiger partial charge in [0.25, 0.3) is 5.91 Å². The number of amides is 1. The number of rotatable bonds is 7. The highest BCUT2D eigenvalue weighted by Gasteiger charge is 2.17. The van der Waals surface area contributed by atoms with Gasteiger partial charge in [0.2, 0.25) is 5.75 Å². The molecule has 148 valence electrons. The Labute approximate surface area is 161 Å². The van der Waals surface area contributed by atoms with Gasteiger partial charge >= 0.3 is 5.69 Å². The van der Waals surface area contributed by atoms with Gasteiger partial charge in [0, 0.05) is 37.5 Å². The van der Waals surface area contributed by atoms with Crippen molar-refractivity contribution in [3.63, 3.8) is 0 Å². The number of carbonyl (C=O) groups excluding carboxylic acids is 1. The van der Waals surface area contributed by atoms with Crippen molar-refractivity contribution >= 4 is 17.3 Å². The Hall–Kier alpha value is -3.04. The van der Waals surface area contributed by atoms with E-state index in [2.05, 4.69) is 10.2 Å². The highest BCUT2D eigenvalue weighted by molar-refractivity contribution is 5.91. The van der Waals surface area contributed by atoms with E-state index >= 15 is 0 Å². The summed E-state index contributed by atoms with van der Waals surface area (Å²) in [6.07, 6.45) is 0. The van der Waals surface area contributed by atoms with Crippen LogP contribution in [0.3, 0.4) is 0 Å². The highest BCUT2D eigenvalue weighted by Crippen LogP contribution is 2.27.